The Morgan fingerprint density at radius 2 is 1.64 bits per heavy atom. The van der Waals surface area contributed by atoms with E-state index in [0.717, 1.165) is 42.3 Å². The normalized spacial score (nSPS) is 14.7. The topological polar surface area (TPSA) is 100 Å². The van der Waals surface area contributed by atoms with Crippen molar-refractivity contribution in [1.82, 2.24) is 19.8 Å². The molecule has 1 saturated heterocycles. The molecule has 0 radical (unpaired) electrons. The molecular weight excluding hydrogens is 444 g/mol. The molecule has 1 aliphatic heterocycles. The molecule has 0 saturated carbocycles. The summed E-state index contributed by atoms with van der Waals surface area (Å²) in [6, 6.07) is 12.9. The van der Waals surface area contributed by atoms with E-state index in [2.05, 4.69) is 14.9 Å². The van der Waals surface area contributed by atoms with Crippen molar-refractivity contribution in [3.63, 3.8) is 0 Å². The molecular formula is C23H32N4O5S. The number of piperazine rings is 1. The summed E-state index contributed by atoms with van der Waals surface area (Å²) in [7, 11) is 1.40. The van der Waals surface area contributed by atoms with E-state index in [-0.39, 0.29) is 11.8 Å². The van der Waals surface area contributed by atoms with Crippen LogP contribution in [0.4, 0.5) is 4.79 Å². The molecule has 3 rings (SSSR count). The largest absolute Gasteiger partial charge is 0.497 e. The summed E-state index contributed by atoms with van der Waals surface area (Å²) in [6.45, 7) is 3.92. The number of hydrogen-bond acceptors (Lipinski definition) is 6. The highest BCUT2D eigenvalue weighted by molar-refractivity contribution is 7.88. The first-order valence-corrected chi connectivity index (χ1v) is 12.4. The molecule has 0 aromatic heterocycles. The van der Waals surface area contributed by atoms with Gasteiger partial charge >= 0.3 is 6.03 Å². The van der Waals surface area contributed by atoms with Crippen molar-refractivity contribution in [1.29, 1.82) is 0 Å². The van der Waals surface area contributed by atoms with Crippen LogP contribution in [0.25, 0.3) is 0 Å². The number of carbonyl (C=O) groups excluding carboxylic acids is 1. The summed E-state index contributed by atoms with van der Waals surface area (Å²) in [4.78, 5) is 16.7. The number of urea groups is 1. The van der Waals surface area contributed by atoms with Gasteiger partial charge in [0.05, 0.1) is 20.0 Å². The number of rotatable bonds is 9. The Hall–Kier alpha value is -2.82. The fraction of sp³-hybridized carbons (Fsp3) is 0.435. The van der Waals surface area contributed by atoms with Crippen molar-refractivity contribution in [3.05, 3.63) is 59.2 Å². The summed E-state index contributed by atoms with van der Waals surface area (Å²) in [5.41, 5.74) is 2.67. The minimum Gasteiger partial charge on any atom is -0.497 e. The predicted molar refractivity (Wildman–Crippen MR) is 127 cm³/mol. The molecule has 0 spiro atoms. The van der Waals surface area contributed by atoms with Gasteiger partial charge in [-0.15, -0.1) is 0 Å². The second-order valence-electron chi connectivity index (χ2n) is 7.88. The zero-order valence-corrected chi connectivity index (χ0v) is 20.2. The van der Waals surface area contributed by atoms with Crippen molar-refractivity contribution in [2.45, 2.75) is 18.8 Å². The maximum absolute atomic E-state index is 12.6. The molecule has 1 aliphatic rings. The number of ether oxygens (including phenoxy) is 2. The Labute approximate surface area is 195 Å². The third-order valence-corrected chi connectivity index (χ3v) is 7.01. The SMILES string of the molecule is CNS(=O)(=O)Cc1ccc(CNC(=O)N2CCN(Cc3cc(OC)ccc3OC)CC2)cc1. The Balaban J connectivity index is 1.46. The van der Waals surface area contributed by atoms with Crippen LogP contribution in [0.15, 0.2) is 42.5 Å². The fourth-order valence-electron chi connectivity index (χ4n) is 3.69. The number of benzene rings is 2. The standard InChI is InChI=1S/C23H32N4O5S/c1-24-33(29,30)17-19-6-4-18(5-7-19)15-25-23(28)27-12-10-26(11-13-27)16-20-14-21(31-2)8-9-22(20)32-3/h4-9,14,24H,10-13,15-17H2,1-3H3,(H,25,28). The molecule has 0 aliphatic carbocycles. The van der Waals surface area contributed by atoms with Crippen molar-refractivity contribution in [2.24, 2.45) is 0 Å². The van der Waals surface area contributed by atoms with Crippen molar-refractivity contribution in [3.8, 4) is 11.5 Å². The number of amides is 2. The summed E-state index contributed by atoms with van der Waals surface area (Å²) in [5.74, 6) is 1.55. The molecule has 2 aromatic carbocycles. The van der Waals surface area contributed by atoms with E-state index in [1.54, 1.807) is 26.4 Å². The number of nitrogens with one attached hydrogen (secondary N) is 2. The molecule has 2 amide bonds. The maximum atomic E-state index is 12.6. The van der Waals surface area contributed by atoms with E-state index in [1.807, 2.05) is 35.2 Å². The Bertz CT molecular complexity index is 1040. The van der Waals surface area contributed by atoms with Gasteiger partial charge in [0.1, 0.15) is 11.5 Å². The van der Waals surface area contributed by atoms with E-state index in [4.69, 9.17) is 9.47 Å². The number of sulfonamides is 1. The minimum atomic E-state index is -3.30. The average Bonchev–Trinajstić information content (AvgIpc) is 2.83. The van der Waals surface area contributed by atoms with Crippen LogP contribution in [0.2, 0.25) is 0 Å². The van der Waals surface area contributed by atoms with Crippen LogP contribution in [0.5, 0.6) is 11.5 Å². The molecule has 9 nitrogen and oxygen atoms in total. The van der Waals surface area contributed by atoms with E-state index >= 15 is 0 Å². The van der Waals surface area contributed by atoms with E-state index in [1.165, 1.54) is 7.05 Å². The van der Waals surface area contributed by atoms with E-state index in [0.29, 0.717) is 25.2 Å². The van der Waals surface area contributed by atoms with Crippen LogP contribution in [0, 0.1) is 0 Å². The molecule has 2 N–H and O–H groups in total. The number of nitrogens with zero attached hydrogens (tertiary/aromatic N) is 2. The number of carbonyl (C=O) groups is 1. The molecule has 33 heavy (non-hydrogen) atoms. The monoisotopic (exact) mass is 476 g/mol. The summed E-state index contributed by atoms with van der Waals surface area (Å²) in [6.07, 6.45) is 0. The summed E-state index contributed by atoms with van der Waals surface area (Å²) >= 11 is 0. The van der Waals surface area contributed by atoms with Gasteiger partial charge in [-0.25, -0.2) is 17.9 Å². The summed E-state index contributed by atoms with van der Waals surface area (Å²) in [5, 5.41) is 2.95. The van der Waals surface area contributed by atoms with Crippen molar-refractivity contribution in [2.75, 3.05) is 47.4 Å². The highest BCUT2D eigenvalue weighted by Gasteiger charge is 2.22. The molecule has 180 valence electrons. The predicted octanol–water partition coefficient (Wildman–Crippen LogP) is 1.78. The molecule has 2 aromatic rings. The lowest BCUT2D eigenvalue weighted by molar-refractivity contribution is 0.134. The molecule has 1 heterocycles. The smallest absolute Gasteiger partial charge is 0.317 e. The van der Waals surface area contributed by atoms with Crippen molar-refractivity contribution < 1.29 is 22.7 Å². The molecule has 10 heteroatoms. The zero-order chi connectivity index (χ0) is 23.8. The Morgan fingerprint density at radius 1 is 0.970 bits per heavy atom. The van der Waals surface area contributed by atoms with Gasteiger partial charge in [0.15, 0.2) is 0 Å². The van der Waals surface area contributed by atoms with Crippen LogP contribution in [0.3, 0.4) is 0 Å². The fourth-order valence-corrected chi connectivity index (χ4v) is 4.47. The van der Waals surface area contributed by atoms with Crippen molar-refractivity contribution >= 4 is 16.1 Å². The molecule has 0 atom stereocenters. The van der Waals surface area contributed by atoms with Crippen LogP contribution in [-0.2, 0) is 28.9 Å². The van der Waals surface area contributed by atoms with Gasteiger partial charge in [-0.3, -0.25) is 4.90 Å². The average molecular weight is 477 g/mol. The van der Waals surface area contributed by atoms with E-state index in [9.17, 15) is 13.2 Å². The first kappa shape index (κ1) is 24.8. The van der Waals surface area contributed by atoms with Crippen LogP contribution in [-0.4, -0.2) is 71.7 Å². The third-order valence-electron chi connectivity index (χ3n) is 5.68. The highest BCUT2D eigenvalue weighted by Crippen LogP contribution is 2.25. The zero-order valence-electron chi connectivity index (χ0n) is 19.3. The van der Waals surface area contributed by atoms with Gasteiger partial charge in [0, 0.05) is 44.8 Å². The minimum absolute atomic E-state index is 0.0674. The first-order valence-electron chi connectivity index (χ1n) is 10.8. The lowest BCUT2D eigenvalue weighted by Gasteiger charge is -2.35. The second kappa shape index (κ2) is 11.4. The van der Waals surface area contributed by atoms with Gasteiger partial charge in [0.2, 0.25) is 10.0 Å². The highest BCUT2D eigenvalue weighted by atomic mass is 32.2. The molecule has 0 unspecified atom stereocenters. The van der Waals surface area contributed by atoms with Crippen LogP contribution >= 0.6 is 0 Å². The van der Waals surface area contributed by atoms with Gasteiger partial charge in [-0.1, -0.05) is 24.3 Å². The quantitative estimate of drug-likeness (QED) is 0.572. The third kappa shape index (κ3) is 7.08. The van der Waals surface area contributed by atoms with E-state index < -0.39 is 10.0 Å². The Morgan fingerprint density at radius 3 is 2.24 bits per heavy atom. The summed E-state index contributed by atoms with van der Waals surface area (Å²) < 4.78 is 36.4. The number of hydrogen-bond donors (Lipinski definition) is 2. The first-order chi connectivity index (χ1) is 15.8. The second-order valence-corrected chi connectivity index (χ2v) is 9.81. The van der Waals surface area contributed by atoms with Crippen LogP contribution in [0.1, 0.15) is 16.7 Å². The number of methoxy groups -OCH3 is 2. The van der Waals surface area contributed by atoms with Gasteiger partial charge in [-0.05, 0) is 36.4 Å². The lowest BCUT2D eigenvalue weighted by atomic mass is 10.1. The van der Waals surface area contributed by atoms with Gasteiger partial charge < -0.3 is 19.7 Å². The van der Waals surface area contributed by atoms with Crippen LogP contribution < -0.4 is 19.5 Å². The maximum Gasteiger partial charge on any atom is 0.317 e. The van der Waals surface area contributed by atoms with Gasteiger partial charge in [-0.2, -0.15) is 0 Å². The van der Waals surface area contributed by atoms with Gasteiger partial charge in [0.25, 0.3) is 0 Å². The molecule has 1 fully saturated rings. The lowest BCUT2D eigenvalue weighted by Crippen LogP contribution is -2.51. The Kier molecular flexibility index (Phi) is 8.54. The molecule has 0 bridgehead atoms.